The lowest BCUT2D eigenvalue weighted by atomic mass is 10.1. The van der Waals surface area contributed by atoms with E-state index in [1.807, 2.05) is 0 Å². The summed E-state index contributed by atoms with van der Waals surface area (Å²) in [5.74, 6) is -0.253. The number of rotatable bonds is 6. The van der Waals surface area contributed by atoms with Crippen molar-refractivity contribution in [3.63, 3.8) is 0 Å². The second-order valence-corrected chi connectivity index (χ2v) is 9.64. The Kier molecular flexibility index (Phi) is 6.65. The molecule has 2 aromatic carbocycles. The van der Waals surface area contributed by atoms with Crippen LogP contribution < -0.4 is 25.6 Å². The molecule has 1 saturated heterocycles. The van der Waals surface area contributed by atoms with Gasteiger partial charge in [-0.2, -0.15) is 4.31 Å². The standard InChI is InChI=1S/C22H25N5O7S/c1-23-20(29)17-12-25-21(34-17)27-22(30)26(2)16-9-6-14(10-18(16)35(27,31)32)19(28)24-11-13-4-7-15(33-3)8-5-13/h4-10,17,21,25H,11-12H2,1-3H3,(H,23,29)(H,24,28). The second kappa shape index (κ2) is 9.52. The molecule has 12 nitrogen and oxygen atoms in total. The zero-order valence-corrected chi connectivity index (χ0v) is 20.1. The van der Waals surface area contributed by atoms with Gasteiger partial charge in [0.15, 0.2) is 6.10 Å². The Balaban J connectivity index is 1.57. The molecule has 2 heterocycles. The molecule has 35 heavy (non-hydrogen) atoms. The quantitative estimate of drug-likeness (QED) is 0.507. The number of nitrogens with one attached hydrogen (secondary N) is 3. The molecule has 0 bridgehead atoms. The highest BCUT2D eigenvalue weighted by Gasteiger charge is 2.48. The Labute approximate surface area is 202 Å². The van der Waals surface area contributed by atoms with E-state index < -0.39 is 40.3 Å². The van der Waals surface area contributed by atoms with E-state index in [9.17, 15) is 22.8 Å². The van der Waals surface area contributed by atoms with Crippen LogP contribution in [0.1, 0.15) is 15.9 Å². The van der Waals surface area contributed by atoms with Crippen molar-refractivity contribution in [2.75, 3.05) is 32.6 Å². The maximum Gasteiger partial charge on any atom is 0.341 e. The molecule has 0 aliphatic carbocycles. The van der Waals surface area contributed by atoms with Gasteiger partial charge in [-0.15, -0.1) is 0 Å². The van der Waals surface area contributed by atoms with Gasteiger partial charge in [-0.05, 0) is 35.9 Å². The van der Waals surface area contributed by atoms with Crippen molar-refractivity contribution in [3.05, 3.63) is 53.6 Å². The number of methoxy groups -OCH3 is 1. The fraction of sp³-hybridized carbons (Fsp3) is 0.318. The van der Waals surface area contributed by atoms with Crippen LogP contribution in [-0.2, 0) is 26.1 Å². The molecule has 2 aromatic rings. The van der Waals surface area contributed by atoms with Crippen LogP contribution in [0.5, 0.6) is 5.75 Å². The van der Waals surface area contributed by atoms with Gasteiger partial charge < -0.3 is 20.1 Å². The molecule has 4 rings (SSSR count). The van der Waals surface area contributed by atoms with E-state index in [1.54, 1.807) is 31.4 Å². The molecule has 3 N–H and O–H groups in total. The van der Waals surface area contributed by atoms with Gasteiger partial charge in [0.1, 0.15) is 10.6 Å². The Bertz CT molecular complexity index is 1270. The Morgan fingerprint density at radius 3 is 2.57 bits per heavy atom. The van der Waals surface area contributed by atoms with E-state index in [1.165, 1.54) is 32.3 Å². The monoisotopic (exact) mass is 503 g/mol. The predicted molar refractivity (Wildman–Crippen MR) is 124 cm³/mol. The fourth-order valence-corrected chi connectivity index (χ4v) is 5.43. The lowest BCUT2D eigenvalue weighted by molar-refractivity contribution is -0.133. The van der Waals surface area contributed by atoms with E-state index in [-0.39, 0.29) is 29.2 Å². The highest BCUT2D eigenvalue weighted by atomic mass is 32.2. The molecular weight excluding hydrogens is 478 g/mol. The first-order valence-electron chi connectivity index (χ1n) is 10.6. The molecule has 2 atom stereocenters. The minimum Gasteiger partial charge on any atom is -0.497 e. The van der Waals surface area contributed by atoms with Crippen LogP contribution in [0.4, 0.5) is 10.5 Å². The molecule has 2 aliphatic heterocycles. The third-order valence-electron chi connectivity index (χ3n) is 5.73. The number of anilines is 1. The van der Waals surface area contributed by atoms with Crippen molar-refractivity contribution >= 4 is 33.6 Å². The van der Waals surface area contributed by atoms with Crippen molar-refractivity contribution in [1.29, 1.82) is 0 Å². The molecule has 4 amide bonds. The Morgan fingerprint density at radius 2 is 1.91 bits per heavy atom. The Morgan fingerprint density at radius 1 is 1.20 bits per heavy atom. The van der Waals surface area contributed by atoms with Gasteiger partial charge in [0.05, 0.1) is 12.8 Å². The van der Waals surface area contributed by atoms with Gasteiger partial charge >= 0.3 is 6.03 Å². The lowest BCUT2D eigenvalue weighted by Gasteiger charge is -2.36. The van der Waals surface area contributed by atoms with Crippen molar-refractivity contribution in [1.82, 2.24) is 20.3 Å². The number of amides is 4. The number of urea groups is 1. The number of benzene rings is 2. The topological polar surface area (TPSA) is 146 Å². The fourth-order valence-electron chi connectivity index (χ4n) is 3.77. The Hall–Kier alpha value is -3.68. The smallest absolute Gasteiger partial charge is 0.341 e. The number of nitrogens with zero attached hydrogens (tertiary/aromatic N) is 2. The summed E-state index contributed by atoms with van der Waals surface area (Å²) in [6.45, 7) is 0.242. The molecule has 1 fully saturated rings. The highest BCUT2D eigenvalue weighted by Crippen LogP contribution is 2.36. The van der Waals surface area contributed by atoms with Crippen LogP contribution in [0.3, 0.4) is 0 Å². The van der Waals surface area contributed by atoms with E-state index in [4.69, 9.17) is 9.47 Å². The normalized spacial score (nSPS) is 20.8. The van der Waals surface area contributed by atoms with Crippen LogP contribution in [0, 0.1) is 0 Å². The number of carbonyl (C=O) groups excluding carboxylic acids is 3. The number of carbonyl (C=O) groups is 3. The third kappa shape index (κ3) is 4.52. The van der Waals surface area contributed by atoms with E-state index >= 15 is 0 Å². The molecule has 2 unspecified atom stereocenters. The van der Waals surface area contributed by atoms with Crippen molar-refractivity contribution in [2.24, 2.45) is 0 Å². The average Bonchev–Trinajstić information content (AvgIpc) is 3.35. The molecule has 0 aromatic heterocycles. The van der Waals surface area contributed by atoms with E-state index in [2.05, 4.69) is 16.0 Å². The first-order chi connectivity index (χ1) is 16.7. The average molecular weight is 504 g/mol. The van der Waals surface area contributed by atoms with Crippen LogP contribution in [0.15, 0.2) is 47.4 Å². The maximum absolute atomic E-state index is 13.4. The second-order valence-electron chi connectivity index (χ2n) is 7.86. The molecule has 0 saturated carbocycles. The maximum atomic E-state index is 13.4. The summed E-state index contributed by atoms with van der Waals surface area (Å²) < 4.78 is 38.0. The van der Waals surface area contributed by atoms with Crippen molar-refractivity contribution in [2.45, 2.75) is 23.9 Å². The summed E-state index contributed by atoms with van der Waals surface area (Å²) >= 11 is 0. The van der Waals surface area contributed by atoms with Crippen LogP contribution in [0.25, 0.3) is 0 Å². The number of ether oxygens (including phenoxy) is 2. The largest absolute Gasteiger partial charge is 0.497 e. The predicted octanol–water partition coefficient (Wildman–Crippen LogP) is 0.204. The molecule has 13 heteroatoms. The first kappa shape index (κ1) is 24.4. The van der Waals surface area contributed by atoms with Gasteiger partial charge in [-0.3, -0.25) is 19.8 Å². The van der Waals surface area contributed by atoms with Crippen LogP contribution >= 0.6 is 0 Å². The minimum absolute atomic E-state index is 0.0218. The van der Waals surface area contributed by atoms with Crippen molar-refractivity contribution in [3.8, 4) is 5.75 Å². The summed E-state index contributed by atoms with van der Waals surface area (Å²) in [7, 11) is -0.0105. The minimum atomic E-state index is -4.41. The number of hydrogen-bond donors (Lipinski definition) is 3. The number of likely N-dealkylation sites (N-methyl/N-ethyl adjacent to an activating group) is 1. The zero-order valence-electron chi connectivity index (χ0n) is 19.3. The van der Waals surface area contributed by atoms with Crippen molar-refractivity contribution < 1.29 is 32.3 Å². The third-order valence-corrected chi connectivity index (χ3v) is 7.48. The van der Waals surface area contributed by atoms with Gasteiger partial charge in [-0.25, -0.2) is 13.2 Å². The number of sulfonamides is 1. The van der Waals surface area contributed by atoms with Crippen LogP contribution in [-0.4, -0.2) is 70.8 Å². The lowest BCUT2D eigenvalue weighted by Crippen LogP contribution is -2.57. The van der Waals surface area contributed by atoms with E-state index in [0.717, 1.165) is 10.5 Å². The van der Waals surface area contributed by atoms with Crippen LogP contribution in [0.2, 0.25) is 0 Å². The van der Waals surface area contributed by atoms with Gasteiger partial charge in [0.25, 0.3) is 15.9 Å². The first-order valence-corrected chi connectivity index (χ1v) is 12.1. The molecule has 2 aliphatic rings. The number of hydrogen-bond acceptors (Lipinski definition) is 8. The van der Waals surface area contributed by atoms with E-state index in [0.29, 0.717) is 10.1 Å². The van der Waals surface area contributed by atoms with Gasteiger partial charge in [-0.1, -0.05) is 12.1 Å². The summed E-state index contributed by atoms with van der Waals surface area (Å²) in [5.41, 5.74) is 1.06. The van der Waals surface area contributed by atoms with Gasteiger partial charge in [0, 0.05) is 32.7 Å². The molecule has 186 valence electrons. The summed E-state index contributed by atoms with van der Waals surface area (Å²) in [6, 6.07) is 10.3. The summed E-state index contributed by atoms with van der Waals surface area (Å²) in [4.78, 5) is 38.5. The highest BCUT2D eigenvalue weighted by molar-refractivity contribution is 7.90. The zero-order chi connectivity index (χ0) is 25.3. The molecule has 0 spiro atoms. The SMILES string of the molecule is CNC(=O)C1CNC(N2C(=O)N(C)c3ccc(C(=O)NCc4ccc(OC)cc4)cc3S2(=O)=O)O1. The van der Waals surface area contributed by atoms with Gasteiger partial charge in [0.2, 0.25) is 12.3 Å². The summed E-state index contributed by atoms with van der Waals surface area (Å²) in [5, 5.41) is 7.91. The summed E-state index contributed by atoms with van der Waals surface area (Å²) in [6.07, 6.45) is -2.34. The molecule has 0 radical (unpaired) electrons. The molecular formula is C22H25N5O7S. The number of fused-ring (bicyclic) bond motifs is 1.